The smallest absolute Gasteiger partial charge is 0.307 e. The molecule has 12 heteroatoms. The summed E-state index contributed by atoms with van der Waals surface area (Å²) in [4.78, 5) is 61.5. The standard InChI is InChI=1S/C30H42O12/c1-14-24(38-16(3)32)11-22-26(40-18(5)34)10-21(13-31)23(37)12-25(39-17(4)33)15(2)28(41-19(6)35)29(42-20(7)36)27(14)30(22,8)9/h10,22-26,29,31,37H,11-13H2,1-9H3/b21-10+,28-15-/t22-,23+,24?,25-,26?,29+/m0/s1. The Hall–Kier alpha value is -3.51. The Balaban J connectivity index is 3.13. The maximum Gasteiger partial charge on any atom is 0.307 e. The number of aliphatic hydroxyl groups excluding tert-OH is 2. The normalized spacial score (nSPS) is 30.9. The van der Waals surface area contributed by atoms with E-state index in [-0.39, 0.29) is 29.7 Å². The van der Waals surface area contributed by atoms with Gasteiger partial charge < -0.3 is 33.9 Å². The van der Waals surface area contributed by atoms with Crippen LogP contribution in [0.3, 0.4) is 0 Å². The van der Waals surface area contributed by atoms with E-state index in [1.807, 2.05) is 13.8 Å². The first-order valence-electron chi connectivity index (χ1n) is 13.7. The third kappa shape index (κ3) is 8.28. The fraction of sp³-hybridized carbons (Fsp3) is 0.633. The van der Waals surface area contributed by atoms with E-state index in [4.69, 9.17) is 23.7 Å². The summed E-state index contributed by atoms with van der Waals surface area (Å²) in [5, 5.41) is 21.4. The molecule has 0 saturated heterocycles. The minimum absolute atomic E-state index is 0.0880. The fourth-order valence-corrected chi connectivity index (χ4v) is 5.85. The molecule has 0 aromatic rings. The van der Waals surface area contributed by atoms with Crippen LogP contribution in [-0.2, 0) is 47.7 Å². The van der Waals surface area contributed by atoms with Gasteiger partial charge in [-0.2, -0.15) is 0 Å². The van der Waals surface area contributed by atoms with E-state index in [0.29, 0.717) is 11.1 Å². The van der Waals surface area contributed by atoms with Crippen molar-refractivity contribution >= 4 is 29.8 Å². The van der Waals surface area contributed by atoms with Crippen LogP contribution in [0.1, 0.15) is 75.2 Å². The average Bonchev–Trinajstić information content (AvgIpc) is 2.83. The molecule has 2 aliphatic rings. The summed E-state index contributed by atoms with van der Waals surface area (Å²) in [6.07, 6.45) is -4.54. The minimum Gasteiger partial charge on any atom is -0.458 e. The molecule has 0 aliphatic heterocycles. The first-order chi connectivity index (χ1) is 19.4. The molecular formula is C30H42O12. The first-order valence-corrected chi connectivity index (χ1v) is 13.7. The Bertz CT molecular complexity index is 1190. The van der Waals surface area contributed by atoms with Gasteiger partial charge in [0.05, 0.1) is 12.7 Å². The van der Waals surface area contributed by atoms with Crippen molar-refractivity contribution in [2.24, 2.45) is 11.3 Å². The van der Waals surface area contributed by atoms with Crippen LogP contribution in [0.4, 0.5) is 0 Å². The van der Waals surface area contributed by atoms with E-state index < -0.39 is 78.3 Å². The van der Waals surface area contributed by atoms with Crippen molar-refractivity contribution in [1.82, 2.24) is 0 Å². The van der Waals surface area contributed by atoms with Crippen LogP contribution in [0, 0.1) is 11.3 Å². The molecule has 2 bridgehead atoms. The third-order valence-electron chi connectivity index (χ3n) is 7.65. The van der Waals surface area contributed by atoms with Gasteiger partial charge in [0, 0.05) is 52.5 Å². The van der Waals surface area contributed by atoms with Gasteiger partial charge in [0.2, 0.25) is 0 Å². The van der Waals surface area contributed by atoms with Crippen LogP contribution < -0.4 is 0 Å². The number of rotatable bonds is 6. The molecule has 12 nitrogen and oxygen atoms in total. The molecule has 0 aromatic heterocycles. The summed E-state index contributed by atoms with van der Waals surface area (Å²) in [7, 11) is 0. The molecule has 0 radical (unpaired) electrons. The Morgan fingerprint density at radius 1 is 0.786 bits per heavy atom. The second-order valence-electron chi connectivity index (χ2n) is 11.2. The molecule has 2 unspecified atom stereocenters. The molecule has 2 rings (SSSR count). The van der Waals surface area contributed by atoms with E-state index in [1.165, 1.54) is 33.8 Å². The lowest BCUT2D eigenvalue weighted by Crippen LogP contribution is -2.49. The maximum absolute atomic E-state index is 12.5. The Kier molecular flexibility index (Phi) is 11.7. The fourth-order valence-electron chi connectivity index (χ4n) is 5.85. The number of ether oxygens (including phenoxy) is 5. The molecule has 0 amide bonds. The quantitative estimate of drug-likeness (QED) is 0.262. The average molecular weight is 595 g/mol. The van der Waals surface area contributed by atoms with E-state index in [9.17, 15) is 34.2 Å². The molecule has 6 atom stereocenters. The van der Waals surface area contributed by atoms with Crippen molar-refractivity contribution in [2.75, 3.05) is 6.61 Å². The number of carbonyl (C=O) groups excluding carboxylic acids is 5. The number of aliphatic hydroxyl groups is 2. The van der Waals surface area contributed by atoms with E-state index in [2.05, 4.69) is 0 Å². The van der Waals surface area contributed by atoms with Gasteiger partial charge in [-0.3, -0.25) is 24.0 Å². The van der Waals surface area contributed by atoms with Crippen LogP contribution in [0.2, 0.25) is 0 Å². The van der Waals surface area contributed by atoms with Gasteiger partial charge in [0.1, 0.15) is 18.3 Å². The summed E-state index contributed by atoms with van der Waals surface area (Å²) in [5.41, 5.74) is 0.177. The Morgan fingerprint density at radius 2 is 1.29 bits per heavy atom. The SMILES string of the molecule is CC(=O)O/C1=C(/C)[C@@H](OC(C)=O)C[C@@H](O)/C(CO)=C/C(OC(C)=O)[C@@H]2CC(OC(C)=O)C(C)=C([C@H]1OC(C)=O)C2(C)C. The lowest BCUT2D eigenvalue weighted by Gasteiger charge is -2.48. The van der Waals surface area contributed by atoms with E-state index in [1.54, 1.807) is 6.92 Å². The molecule has 0 fully saturated rings. The van der Waals surface area contributed by atoms with Gasteiger partial charge in [0.15, 0.2) is 11.9 Å². The molecule has 2 N–H and O–H groups in total. The zero-order valence-corrected chi connectivity index (χ0v) is 25.6. The second-order valence-corrected chi connectivity index (χ2v) is 11.2. The highest BCUT2D eigenvalue weighted by atomic mass is 16.6. The highest BCUT2D eigenvalue weighted by molar-refractivity contribution is 5.70. The third-order valence-corrected chi connectivity index (χ3v) is 7.65. The van der Waals surface area contributed by atoms with Gasteiger partial charge in [-0.1, -0.05) is 13.8 Å². The zero-order chi connectivity index (χ0) is 32.1. The molecule has 0 spiro atoms. The monoisotopic (exact) mass is 594 g/mol. The van der Waals surface area contributed by atoms with Crippen molar-refractivity contribution < 1.29 is 57.9 Å². The number of hydrogen-bond donors (Lipinski definition) is 2. The maximum atomic E-state index is 12.5. The predicted molar refractivity (Wildman–Crippen MR) is 147 cm³/mol. The van der Waals surface area contributed by atoms with E-state index >= 15 is 0 Å². The van der Waals surface area contributed by atoms with E-state index in [0.717, 1.165) is 13.8 Å². The van der Waals surface area contributed by atoms with Gasteiger partial charge >= 0.3 is 29.8 Å². The molecule has 0 heterocycles. The molecule has 234 valence electrons. The van der Waals surface area contributed by atoms with Crippen molar-refractivity contribution in [3.63, 3.8) is 0 Å². The zero-order valence-electron chi connectivity index (χ0n) is 25.6. The van der Waals surface area contributed by atoms with Crippen LogP contribution in [-0.4, -0.2) is 77.2 Å². The molecule has 0 saturated carbocycles. The topological polar surface area (TPSA) is 172 Å². The first kappa shape index (κ1) is 34.7. The number of hydrogen-bond acceptors (Lipinski definition) is 12. The Labute approximate surface area is 245 Å². The number of carbonyl (C=O) groups is 5. The second kappa shape index (κ2) is 14.1. The van der Waals surface area contributed by atoms with Crippen molar-refractivity contribution in [3.05, 3.63) is 34.1 Å². The summed E-state index contributed by atoms with van der Waals surface area (Å²) >= 11 is 0. The highest BCUT2D eigenvalue weighted by Gasteiger charge is 2.51. The summed E-state index contributed by atoms with van der Waals surface area (Å²) < 4.78 is 28.4. The molecular weight excluding hydrogens is 552 g/mol. The van der Waals surface area contributed by atoms with Gasteiger partial charge in [-0.25, -0.2) is 0 Å². The molecule has 42 heavy (non-hydrogen) atoms. The Morgan fingerprint density at radius 3 is 1.74 bits per heavy atom. The lowest BCUT2D eigenvalue weighted by molar-refractivity contribution is -0.156. The van der Waals surface area contributed by atoms with Crippen LogP contribution >= 0.6 is 0 Å². The number of esters is 5. The van der Waals surface area contributed by atoms with Crippen LogP contribution in [0.25, 0.3) is 0 Å². The van der Waals surface area contributed by atoms with Crippen LogP contribution in [0.5, 0.6) is 0 Å². The van der Waals surface area contributed by atoms with Crippen molar-refractivity contribution in [3.8, 4) is 0 Å². The van der Waals surface area contributed by atoms with Gasteiger partial charge in [-0.15, -0.1) is 0 Å². The minimum atomic E-state index is -1.40. The molecule has 2 aliphatic carbocycles. The summed E-state index contributed by atoms with van der Waals surface area (Å²) in [6.45, 7) is 12.2. The number of fused-ring (bicyclic) bond motifs is 2. The van der Waals surface area contributed by atoms with Gasteiger partial charge in [-0.05, 0) is 48.5 Å². The largest absolute Gasteiger partial charge is 0.458 e. The summed E-state index contributed by atoms with van der Waals surface area (Å²) in [6, 6.07) is 0. The van der Waals surface area contributed by atoms with Gasteiger partial charge in [0.25, 0.3) is 0 Å². The molecule has 0 aromatic carbocycles. The predicted octanol–water partition coefficient (Wildman–Crippen LogP) is 2.60. The van der Waals surface area contributed by atoms with Crippen molar-refractivity contribution in [2.45, 2.75) is 106 Å². The van der Waals surface area contributed by atoms with Crippen LogP contribution in [0.15, 0.2) is 34.1 Å². The highest BCUT2D eigenvalue weighted by Crippen LogP contribution is 2.51. The lowest BCUT2D eigenvalue weighted by atomic mass is 9.60. The van der Waals surface area contributed by atoms with Crippen molar-refractivity contribution in [1.29, 1.82) is 0 Å². The summed E-state index contributed by atoms with van der Waals surface area (Å²) in [5.74, 6) is -4.23.